The van der Waals surface area contributed by atoms with Crippen LogP contribution >= 0.6 is 11.6 Å². The van der Waals surface area contributed by atoms with Gasteiger partial charge in [0.05, 0.1) is 12.6 Å². The minimum atomic E-state index is -0.943. The van der Waals surface area contributed by atoms with Crippen molar-refractivity contribution in [3.63, 3.8) is 0 Å². The summed E-state index contributed by atoms with van der Waals surface area (Å²) in [6.45, 7) is 0.155. The molecule has 13 heavy (non-hydrogen) atoms. The van der Waals surface area contributed by atoms with Gasteiger partial charge >= 0.3 is 5.97 Å². The topological polar surface area (TPSA) is 72.2 Å². The van der Waals surface area contributed by atoms with Gasteiger partial charge in [0.2, 0.25) is 5.28 Å². The second kappa shape index (κ2) is 4.04. The molecule has 0 fully saturated rings. The summed E-state index contributed by atoms with van der Waals surface area (Å²) in [7, 11) is 0. The van der Waals surface area contributed by atoms with Crippen molar-refractivity contribution in [1.29, 1.82) is 0 Å². The van der Waals surface area contributed by atoms with E-state index in [2.05, 4.69) is 4.98 Å². The molecule has 0 aliphatic heterocycles. The molecule has 5 nitrogen and oxygen atoms in total. The Morgan fingerprint density at radius 1 is 1.77 bits per heavy atom. The number of carbonyl (C=O) groups excluding carboxylic acids is 1. The van der Waals surface area contributed by atoms with Gasteiger partial charge in [-0.3, -0.25) is 9.59 Å². The minimum absolute atomic E-state index is 0.0864. The van der Waals surface area contributed by atoms with Gasteiger partial charge in [0.15, 0.2) is 6.29 Å². The van der Waals surface area contributed by atoms with E-state index in [1.807, 2.05) is 0 Å². The molecule has 0 bridgehead atoms. The van der Waals surface area contributed by atoms with Gasteiger partial charge < -0.3 is 9.67 Å². The van der Waals surface area contributed by atoms with Crippen molar-refractivity contribution in [2.45, 2.75) is 13.0 Å². The SMILES string of the molecule is O=Cc1cnc(Cl)n1CCC(=O)O. The number of carbonyl (C=O) groups is 2. The van der Waals surface area contributed by atoms with Crippen LogP contribution in [0.5, 0.6) is 0 Å². The largest absolute Gasteiger partial charge is 0.481 e. The first kappa shape index (κ1) is 9.73. The van der Waals surface area contributed by atoms with E-state index < -0.39 is 5.97 Å². The fourth-order valence-corrected chi connectivity index (χ4v) is 1.12. The molecule has 1 N–H and O–H groups in total. The molecule has 0 aliphatic carbocycles. The van der Waals surface area contributed by atoms with Crippen molar-refractivity contribution in [2.75, 3.05) is 0 Å². The lowest BCUT2D eigenvalue weighted by Crippen LogP contribution is -2.07. The Morgan fingerprint density at radius 2 is 2.46 bits per heavy atom. The first-order valence-corrected chi connectivity index (χ1v) is 3.91. The van der Waals surface area contributed by atoms with Gasteiger partial charge in [-0.15, -0.1) is 0 Å². The summed E-state index contributed by atoms with van der Waals surface area (Å²) in [4.78, 5) is 24.3. The molecule has 1 heterocycles. The van der Waals surface area contributed by atoms with E-state index in [0.29, 0.717) is 6.29 Å². The Kier molecular flexibility index (Phi) is 3.02. The fourth-order valence-electron chi connectivity index (χ4n) is 0.888. The van der Waals surface area contributed by atoms with Crippen LogP contribution in [0.2, 0.25) is 5.28 Å². The van der Waals surface area contributed by atoms with Crippen molar-refractivity contribution in [1.82, 2.24) is 9.55 Å². The maximum atomic E-state index is 10.4. The van der Waals surface area contributed by atoms with Crippen LogP contribution in [-0.4, -0.2) is 26.9 Å². The highest BCUT2D eigenvalue weighted by Crippen LogP contribution is 2.09. The van der Waals surface area contributed by atoms with Gasteiger partial charge in [0.1, 0.15) is 5.69 Å². The number of aldehydes is 1. The number of hydrogen-bond donors (Lipinski definition) is 1. The van der Waals surface area contributed by atoms with E-state index in [0.717, 1.165) is 0 Å². The van der Waals surface area contributed by atoms with Crippen LogP contribution < -0.4 is 0 Å². The van der Waals surface area contributed by atoms with Crippen molar-refractivity contribution in [3.8, 4) is 0 Å². The third kappa shape index (κ3) is 2.29. The molecule has 0 saturated heterocycles. The molecular formula is C7H7ClN2O3. The van der Waals surface area contributed by atoms with Crippen LogP contribution in [0.4, 0.5) is 0 Å². The van der Waals surface area contributed by atoms with E-state index in [-0.39, 0.29) is 23.9 Å². The van der Waals surface area contributed by atoms with Crippen molar-refractivity contribution in [3.05, 3.63) is 17.2 Å². The van der Waals surface area contributed by atoms with Crippen LogP contribution in [0, 0.1) is 0 Å². The zero-order valence-corrected chi connectivity index (χ0v) is 7.36. The number of hydrogen-bond acceptors (Lipinski definition) is 3. The first-order chi connectivity index (χ1) is 6.15. The third-order valence-electron chi connectivity index (χ3n) is 1.51. The summed E-state index contributed by atoms with van der Waals surface area (Å²) >= 11 is 5.61. The Labute approximate surface area is 79.0 Å². The summed E-state index contributed by atoms with van der Waals surface area (Å²) < 4.78 is 1.35. The number of halogens is 1. The smallest absolute Gasteiger partial charge is 0.305 e. The van der Waals surface area contributed by atoms with Crippen LogP contribution in [0.15, 0.2) is 6.20 Å². The lowest BCUT2D eigenvalue weighted by Gasteiger charge is -2.02. The molecule has 0 aliphatic rings. The van der Waals surface area contributed by atoms with E-state index >= 15 is 0 Å². The van der Waals surface area contributed by atoms with E-state index in [4.69, 9.17) is 16.7 Å². The Bertz CT molecular complexity index is 334. The monoisotopic (exact) mass is 202 g/mol. The van der Waals surface area contributed by atoms with Gasteiger partial charge in [-0.25, -0.2) is 4.98 Å². The van der Waals surface area contributed by atoms with Crippen LogP contribution in [0.1, 0.15) is 16.9 Å². The number of nitrogens with zero attached hydrogens (tertiary/aromatic N) is 2. The van der Waals surface area contributed by atoms with Crippen molar-refractivity contribution in [2.24, 2.45) is 0 Å². The highest BCUT2D eigenvalue weighted by atomic mass is 35.5. The Morgan fingerprint density at radius 3 is 3.00 bits per heavy atom. The fraction of sp³-hybridized carbons (Fsp3) is 0.286. The maximum absolute atomic E-state index is 10.4. The number of carboxylic acid groups (broad SMARTS) is 1. The number of carboxylic acids is 1. The van der Waals surface area contributed by atoms with E-state index in [9.17, 15) is 9.59 Å². The standard InChI is InChI=1S/C7H7ClN2O3/c8-7-9-3-5(4-11)10(7)2-1-6(12)13/h3-4H,1-2H2,(H,12,13). The van der Waals surface area contributed by atoms with Gasteiger partial charge in [0.25, 0.3) is 0 Å². The number of rotatable bonds is 4. The molecule has 0 spiro atoms. The van der Waals surface area contributed by atoms with Gasteiger partial charge in [-0.05, 0) is 11.6 Å². The number of aromatic nitrogens is 2. The molecule has 1 aromatic heterocycles. The quantitative estimate of drug-likeness (QED) is 0.734. The third-order valence-corrected chi connectivity index (χ3v) is 1.81. The zero-order valence-electron chi connectivity index (χ0n) is 6.61. The second-order valence-corrected chi connectivity index (χ2v) is 2.70. The Balaban J connectivity index is 2.79. The van der Waals surface area contributed by atoms with E-state index in [1.165, 1.54) is 10.8 Å². The van der Waals surface area contributed by atoms with Gasteiger partial charge in [-0.2, -0.15) is 0 Å². The van der Waals surface area contributed by atoms with Crippen LogP contribution in [0.25, 0.3) is 0 Å². The molecular weight excluding hydrogens is 196 g/mol. The Hall–Kier alpha value is -1.36. The summed E-state index contributed by atoms with van der Waals surface area (Å²) in [6, 6.07) is 0. The molecule has 1 rings (SSSR count). The lowest BCUT2D eigenvalue weighted by molar-refractivity contribution is -0.137. The van der Waals surface area contributed by atoms with Gasteiger partial charge in [-0.1, -0.05) is 0 Å². The normalized spacial score (nSPS) is 9.92. The molecule has 0 amide bonds. The maximum Gasteiger partial charge on any atom is 0.305 e. The zero-order chi connectivity index (χ0) is 9.84. The molecule has 0 atom stereocenters. The highest BCUT2D eigenvalue weighted by Gasteiger charge is 2.08. The number of imidazole rings is 1. The summed E-state index contributed by atoms with van der Waals surface area (Å²) in [5.74, 6) is -0.943. The molecule has 0 aromatic carbocycles. The molecule has 6 heteroatoms. The van der Waals surface area contributed by atoms with E-state index in [1.54, 1.807) is 0 Å². The highest BCUT2D eigenvalue weighted by molar-refractivity contribution is 6.28. The average Bonchev–Trinajstić information content (AvgIpc) is 2.43. The molecule has 0 unspecified atom stereocenters. The second-order valence-electron chi connectivity index (χ2n) is 2.37. The molecule has 0 radical (unpaired) electrons. The predicted octanol–water partition coefficient (Wildman–Crippen LogP) is 0.824. The van der Waals surface area contributed by atoms with Gasteiger partial charge in [0, 0.05) is 6.54 Å². The summed E-state index contributed by atoms with van der Waals surface area (Å²) in [5, 5.41) is 8.53. The molecule has 1 aromatic rings. The number of aliphatic carboxylic acids is 1. The molecule has 0 saturated carbocycles. The molecule has 70 valence electrons. The van der Waals surface area contributed by atoms with Crippen LogP contribution in [0.3, 0.4) is 0 Å². The summed E-state index contributed by atoms with van der Waals surface area (Å²) in [6.07, 6.45) is 1.80. The average molecular weight is 203 g/mol. The van der Waals surface area contributed by atoms with Crippen LogP contribution in [-0.2, 0) is 11.3 Å². The lowest BCUT2D eigenvalue weighted by atomic mass is 10.4. The van der Waals surface area contributed by atoms with Crippen molar-refractivity contribution >= 4 is 23.9 Å². The first-order valence-electron chi connectivity index (χ1n) is 3.53. The van der Waals surface area contributed by atoms with Crippen molar-refractivity contribution < 1.29 is 14.7 Å². The predicted molar refractivity (Wildman–Crippen MR) is 44.9 cm³/mol. The summed E-state index contributed by atoms with van der Waals surface area (Å²) in [5.41, 5.74) is 0.284. The minimum Gasteiger partial charge on any atom is -0.481 e.